The minimum Gasteiger partial charge on any atom is -0.392 e. The molecule has 7 nitrogen and oxygen atoms in total. The number of nitro benzene ring substituents is 1. The molecule has 3 N–H and O–H groups in total. The summed E-state index contributed by atoms with van der Waals surface area (Å²) in [5.41, 5.74) is 0.200. The Morgan fingerprint density at radius 1 is 1.48 bits per heavy atom. The van der Waals surface area contributed by atoms with E-state index in [1.807, 2.05) is 13.8 Å². The van der Waals surface area contributed by atoms with Gasteiger partial charge < -0.3 is 15.7 Å². The molecular weight excluding hydrogens is 274 g/mol. The zero-order chi connectivity index (χ0) is 15.8. The van der Waals surface area contributed by atoms with E-state index in [0.717, 1.165) is 0 Å². The Labute approximate surface area is 122 Å². The fraction of sp³-hybridized carbons (Fsp3) is 0.500. The van der Waals surface area contributed by atoms with Gasteiger partial charge in [-0.25, -0.2) is 0 Å². The van der Waals surface area contributed by atoms with Crippen LogP contribution in [0.5, 0.6) is 0 Å². The summed E-state index contributed by atoms with van der Waals surface area (Å²) in [5, 5.41) is 26.4. The molecule has 21 heavy (non-hydrogen) atoms. The van der Waals surface area contributed by atoms with Crippen molar-refractivity contribution < 1.29 is 14.8 Å². The van der Waals surface area contributed by atoms with Gasteiger partial charge in [0, 0.05) is 30.1 Å². The Morgan fingerprint density at radius 2 is 2.14 bits per heavy atom. The number of nitrogens with one attached hydrogen (secondary N) is 2. The van der Waals surface area contributed by atoms with Gasteiger partial charge in [-0.3, -0.25) is 14.9 Å². The van der Waals surface area contributed by atoms with Crippen molar-refractivity contribution in [2.45, 2.75) is 32.4 Å². The quantitative estimate of drug-likeness (QED) is 0.577. The second-order valence-electron chi connectivity index (χ2n) is 5.84. The number of nitro groups is 1. The zero-order valence-electron chi connectivity index (χ0n) is 12.2. The molecule has 7 heteroatoms. The van der Waals surface area contributed by atoms with E-state index in [9.17, 15) is 20.0 Å². The third-order valence-corrected chi connectivity index (χ3v) is 4.23. The van der Waals surface area contributed by atoms with Gasteiger partial charge in [0.2, 0.25) is 0 Å². The van der Waals surface area contributed by atoms with Crippen LogP contribution in [0.1, 0.15) is 30.6 Å². The lowest BCUT2D eigenvalue weighted by molar-refractivity contribution is -0.384. The highest BCUT2D eigenvalue weighted by atomic mass is 16.6. The summed E-state index contributed by atoms with van der Waals surface area (Å²) in [6.45, 7) is 3.79. The molecule has 0 spiro atoms. The Morgan fingerprint density at radius 3 is 2.62 bits per heavy atom. The largest absolute Gasteiger partial charge is 0.392 e. The van der Waals surface area contributed by atoms with Crippen LogP contribution in [-0.4, -0.2) is 35.1 Å². The number of carbonyl (C=O) groups excluding carboxylic acids is 1. The Hall–Kier alpha value is -2.15. The molecule has 2 unspecified atom stereocenters. The fourth-order valence-electron chi connectivity index (χ4n) is 2.43. The fourth-order valence-corrected chi connectivity index (χ4v) is 2.43. The molecule has 1 amide bonds. The average molecular weight is 293 g/mol. The van der Waals surface area contributed by atoms with Crippen LogP contribution in [0.25, 0.3) is 0 Å². The molecular formula is C14H19N3O4. The van der Waals surface area contributed by atoms with Crippen molar-refractivity contribution in [3.05, 3.63) is 33.9 Å². The highest BCUT2D eigenvalue weighted by Gasteiger charge is 2.47. The summed E-state index contributed by atoms with van der Waals surface area (Å²) in [6.07, 6.45) is 0.0881. The van der Waals surface area contributed by atoms with Gasteiger partial charge in [-0.1, -0.05) is 13.8 Å². The molecule has 0 heterocycles. The smallest absolute Gasteiger partial charge is 0.292 e. The number of aliphatic hydroxyl groups excluding tert-OH is 1. The lowest BCUT2D eigenvalue weighted by Gasteiger charge is -2.49. The lowest BCUT2D eigenvalue weighted by atomic mass is 9.64. The molecule has 1 aliphatic carbocycles. The van der Waals surface area contributed by atoms with E-state index in [4.69, 9.17) is 0 Å². The van der Waals surface area contributed by atoms with Crippen molar-refractivity contribution in [2.24, 2.45) is 5.41 Å². The van der Waals surface area contributed by atoms with Crippen LogP contribution < -0.4 is 10.6 Å². The van der Waals surface area contributed by atoms with Gasteiger partial charge >= 0.3 is 0 Å². The number of aliphatic hydroxyl groups is 1. The highest BCUT2D eigenvalue weighted by molar-refractivity contribution is 5.95. The van der Waals surface area contributed by atoms with E-state index >= 15 is 0 Å². The number of hydrogen-bond donors (Lipinski definition) is 3. The number of amides is 1. The molecule has 0 aromatic heterocycles. The Balaban J connectivity index is 2.31. The van der Waals surface area contributed by atoms with E-state index in [2.05, 4.69) is 10.6 Å². The third kappa shape index (κ3) is 2.69. The second-order valence-corrected chi connectivity index (χ2v) is 5.84. The zero-order valence-corrected chi connectivity index (χ0v) is 12.2. The maximum atomic E-state index is 11.6. The predicted octanol–water partition coefficient (Wildman–Crippen LogP) is 1.53. The van der Waals surface area contributed by atoms with Crippen molar-refractivity contribution in [3.63, 3.8) is 0 Å². The van der Waals surface area contributed by atoms with E-state index in [1.54, 1.807) is 0 Å². The van der Waals surface area contributed by atoms with Gasteiger partial charge in [-0.2, -0.15) is 0 Å². The maximum Gasteiger partial charge on any atom is 0.292 e. The Kier molecular flexibility index (Phi) is 3.87. The summed E-state index contributed by atoms with van der Waals surface area (Å²) in [4.78, 5) is 22.3. The summed E-state index contributed by atoms with van der Waals surface area (Å²) < 4.78 is 0. The van der Waals surface area contributed by atoms with Crippen LogP contribution in [0.3, 0.4) is 0 Å². The van der Waals surface area contributed by atoms with Crippen LogP contribution in [0, 0.1) is 15.5 Å². The van der Waals surface area contributed by atoms with E-state index in [-0.39, 0.29) is 23.1 Å². The van der Waals surface area contributed by atoms with Gasteiger partial charge in [0.15, 0.2) is 0 Å². The molecule has 1 aliphatic rings. The van der Waals surface area contributed by atoms with Gasteiger partial charge in [0.05, 0.1) is 11.0 Å². The number of carbonyl (C=O) groups is 1. The number of nitrogens with zero attached hydrogens (tertiary/aromatic N) is 1. The average Bonchev–Trinajstić information content (AvgIpc) is 2.45. The molecule has 1 aromatic carbocycles. The first-order valence-corrected chi connectivity index (χ1v) is 6.72. The third-order valence-electron chi connectivity index (χ3n) is 4.23. The summed E-state index contributed by atoms with van der Waals surface area (Å²) >= 11 is 0. The topological polar surface area (TPSA) is 104 Å². The number of benzene rings is 1. The van der Waals surface area contributed by atoms with Crippen molar-refractivity contribution >= 4 is 17.3 Å². The molecule has 2 rings (SSSR count). The molecule has 1 fully saturated rings. The van der Waals surface area contributed by atoms with Crippen LogP contribution in [0.15, 0.2) is 18.2 Å². The first-order valence-electron chi connectivity index (χ1n) is 6.72. The number of rotatable bonds is 4. The molecule has 1 aromatic rings. The van der Waals surface area contributed by atoms with E-state index in [0.29, 0.717) is 17.7 Å². The summed E-state index contributed by atoms with van der Waals surface area (Å²) in [5.74, 6) is -0.305. The first kappa shape index (κ1) is 15.2. The van der Waals surface area contributed by atoms with Gasteiger partial charge in [-0.15, -0.1) is 0 Å². The standard InChI is InChI=1S/C14H19N3O4/c1-14(2)11(7-12(14)18)16-9-6-8(13(19)15-3)4-5-10(9)17(20)21/h4-6,11-12,16,18H,7H2,1-3H3,(H,15,19). The number of hydrogen-bond acceptors (Lipinski definition) is 5. The lowest BCUT2D eigenvalue weighted by Crippen LogP contribution is -2.56. The molecule has 1 saturated carbocycles. The van der Waals surface area contributed by atoms with Crippen LogP contribution in [0.4, 0.5) is 11.4 Å². The monoisotopic (exact) mass is 293 g/mol. The molecule has 0 saturated heterocycles. The van der Waals surface area contributed by atoms with Crippen molar-refractivity contribution in [1.82, 2.24) is 5.32 Å². The number of anilines is 1. The predicted molar refractivity (Wildman–Crippen MR) is 78.3 cm³/mol. The van der Waals surface area contributed by atoms with Crippen LogP contribution in [0.2, 0.25) is 0 Å². The summed E-state index contributed by atoms with van der Waals surface area (Å²) in [6, 6.07) is 4.13. The summed E-state index contributed by atoms with van der Waals surface area (Å²) in [7, 11) is 1.50. The minimum atomic E-state index is -0.488. The normalized spacial score (nSPS) is 23.0. The van der Waals surface area contributed by atoms with Gasteiger partial charge in [0.25, 0.3) is 11.6 Å². The SMILES string of the molecule is CNC(=O)c1ccc([N+](=O)[O-])c(NC2CC(O)C2(C)C)c1. The van der Waals surface area contributed by atoms with Crippen molar-refractivity contribution in [2.75, 3.05) is 12.4 Å². The van der Waals surface area contributed by atoms with E-state index < -0.39 is 11.0 Å². The van der Waals surface area contributed by atoms with Crippen molar-refractivity contribution in [3.8, 4) is 0 Å². The highest BCUT2D eigenvalue weighted by Crippen LogP contribution is 2.43. The molecule has 0 bridgehead atoms. The Bertz CT molecular complexity index is 586. The van der Waals surface area contributed by atoms with Crippen LogP contribution >= 0.6 is 0 Å². The minimum absolute atomic E-state index is 0.0777. The first-order chi connectivity index (χ1) is 9.77. The van der Waals surface area contributed by atoms with Crippen LogP contribution in [-0.2, 0) is 0 Å². The van der Waals surface area contributed by atoms with Gasteiger partial charge in [-0.05, 0) is 18.6 Å². The molecule has 2 atom stereocenters. The molecule has 114 valence electrons. The maximum absolute atomic E-state index is 11.6. The molecule has 0 aliphatic heterocycles. The van der Waals surface area contributed by atoms with E-state index in [1.165, 1.54) is 25.2 Å². The molecule has 0 radical (unpaired) electrons. The van der Waals surface area contributed by atoms with Crippen molar-refractivity contribution in [1.29, 1.82) is 0 Å². The second kappa shape index (κ2) is 5.33. The van der Waals surface area contributed by atoms with Gasteiger partial charge in [0.1, 0.15) is 5.69 Å².